The van der Waals surface area contributed by atoms with E-state index in [1.807, 2.05) is 0 Å². The topological polar surface area (TPSA) is 184 Å². The highest BCUT2D eigenvalue weighted by atomic mass is 35.5. The minimum absolute atomic E-state index is 0.000795. The largest absolute Gasteiger partial charge is 0.464 e. The van der Waals surface area contributed by atoms with Gasteiger partial charge in [-0.15, -0.1) is 0 Å². The average Bonchev–Trinajstić information content (AvgIpc) is 3.29. The summed E-state index contributed by atoms with van der Waals surface area (Å²) >= 11 is 6.01. The number of alkyl halides is 1. The highest BCUT2D eigenvalue weighted by Gasteiger charge is 2.41. The van der Waals surface area contributed by atoms with Crippen LogP contribution in [-0.4, -0.2) is 84.4 Å². The predicted molar refractivity (Wildman–Crippen MR) is 127 cm³/mol. The van der Waals surface area contributed by atoms with Crippen LogP contribution < -0.4 is 5.32 Å². The molecule has 14 nitrogen and oxygen atoms in total. The number of esters is 1. The van der Waals surface area contributed by atoms with E-state index in [0.717, 1.165) is 0 Å². The summed E-state index contributed by atoms with van der Waals surface area (Å²) in [4.78, 5) is 55.0. The lowest BCUT2D eigenvalue weighted by atomic mass is 10.1. The van der Waals surface area contributed by atoms with Gasteiger partial charge in [0.1, 0.15) is 17.9 Å². The van der Waals surface area contributed by atoms with Crippen LogP contribution in [0.1, 0.15) is 34.1 Å². The maximum atomic E-state index is 14.8. The van der Waals surface area contributed by atoms with E-state index in [0.29, 0.717) is 0 Å². The van der Waals surface area contributed by atoms with Gasteiger partial charge in [0.05, 0.1) is 32.2 Å². The Morgan fingerprint density at radius 3 is 2.70 bits per heavy atom. The molecule has 0 saturated carbocycles. The van der Waals surface area contributed by atoms with E-state index < -0.39 is 56.1 Å². The first-order valence-electron chi connectivity index (χ1n) is 11.2. The van der Waals surface area contributed by atoms with Crippen molar-refractivity contribution in [1.29, 1.82) is 0 Å². The van der Waals surface area contributed by atoms with Crippen LogP contribution in [0.5, 0.6) is 0 Å². The number of imidazole rings is 1. The van der Waals surface area contributed by atoms with Crippen LogP contribution in [0.3, 0.4) is 0 Å². The molecule has 3 heterocycles. The second-order valence-electron chi connectivity index (χ2n) is 9.11. The molecule has 0 aromatic carbocycles. The Balaban J connectivity index is 1.69. The molecule has 0 spiro atoms. The minimum Gasteiger partial charge on any atom is -0.464 e. The molecule has 1 aliphatic rings. The Morgan fingerprint density at radius 1 is 1.38 bits per heavy atom. The Kier molecular flexibility index (Phi) is 9.09. The average molecular weight is 568 g/mol. The zero-order valence-corrected chi connectivity index (χ0v) is 22.1. The van der Waals surface area contributed by atoms with E-state index in [-0.39, 0.29) is 41.8 Å². The smallest absolute Gasteiger partial charge is 0.413 e. The molecular weight excluding hydrogens is 540 g/mol. The highest BCUT2D eigenvalue weighted by Crippen LogP contribution is 2.43. The molecular formula is C20H28ClFN5O9P. The number of fused-ring (bicyclic) bond motifs is 1. The van der Waals surface area contributed by atoms with Crippen molar-refractivity contribution < 1.29 is 47.3 Å². The number of nitrogens with one attached hydrogen (secondary N) is 1. The molecule has 17 heteroatoms. The number of carbonyl (C=O) groups is 2. The lowest BCUT2D eigenvalue weighted by Crippen LogP contribution is -2.30. The molecule has 1 amide bonds. The van der Waals surface area contributed by atoms with Gasteiger partial charge in [0.2, 0.25) is 5.28 Å². The summed E-state index contributed by atoms with van der Waals surface area (Å²) in [7, 11) is -4.98. The molecule has 2 aromatic rings. The summed E-state index contributed by atoms with van der Waals surface area (Å²) < 4.78 is 48.4. The molecule has 0 unspecified atom stereocenters. The van der Waals surface area contributed by atoms with Crippen molar-refractivity contribution in [1.82, 2.24) is 19.5 Å². The summed E-state index contributed by atoms with van der Waals surface area (Å²) in [6.07, 6.45) is -2.94. The van der Waals surface area contributed by atoms with Crippen molar-refractivity contribution in [3.8, 4) is 0 Å². The summed E-state index contributed by atoms with van der Waals surface area (Å²) in [6, 6.07) is 0. The van der Waals surface area contributed by atoms with Gasteiger partial charge in [0, 0.05) is 6.42 Å². The standard InChI is InChI=1S/C20H28ClFN5O9P/c1-5-33-16(28)17(37(30,31)32)34-8-10-6-11(22)12(35-10)7-27-9-23-13-14(24-18(21)26-15(13)27)25-19(29)36-20(2,3)4/h9-12,17H,5-8H2,1-4H3,(H2,30,31,32)(H,24,25,26,29)/t10-,11-,12-,17+/m0/s1. The van der Waals surface area contributed by atoms with Crippen molar-refractivity contribution in [2.75, 3.05) is 18.5 Å². The molecule has 37 heavy (non-hydrogen) atoms. The van der Waals surface area contributed by atoms with Gasteiger partial charge in [-0.05, 0) is 39.3 Å². The fourth-order valence-electron chi connectivity index (χ4n) is 3.50. The van der Waals surface area contributed by atoms with Crippen LogP contribution in [0, 0.1) is 0 Å². The summed E-state index contributed by atoms with van der Waals surface area (Å²) in [5.74, 6) is -3.36. The van der Waals surface area contributed by atoms with Crippen molar-refractivity contribution in [2.45, 2.75) is 70.5 Å². The number of amides is 1. The van der Waals surface area contributed by atoms with Gasteiger partial charge in [-0.1, -0.05) is 0 Å². The molecule has 1 aliphatic heterocycles. The molecule has 1 saturated heterocycles. The zero-order chi connectivity index (χ0) is 27.5. The SMILES string of the molecule is CCOC(=O)[C@H](OC[C@@H]1C[C@H](F)[C@H](Cn2cnc3c(NC(=O)OC(C)(C)C)nc(Cl)nc32)O1)P(=O)(O)O. The lowest BCUT2D eigenvalue weighted by Gasteiger charge is -2.20. The molecule has 0 bridgehead atoms. The van der Waals surface area contributed by atoms with Crippen LogP contribution in [0.15, 0.2) is 6.33 Å². The molecule has 0 radical (unpaired) electrons. The van der Waals surface area contributed by atoms with E-state index in [4.69, 9.17) is 25.8 Å². The monoisotopic (exact) mass is 567 g/mol. The van der Waals surface area contributed by atoms with Gasteiger partial charge in [-0.2, -0.15) is 9.97 Å². The Morgan fingerprint density at radius 2 is 2.08 bits per heavy atom. The van der Waals surface area contributed by atoms with Crippen LogP contribution in [0.25, 0.3) is 11.2 Å². The fourth-order valence-corrected chi connectivity index (χ4v) is 4.30. The first-order chi connectivity index (χ1) is 17.2. The quantitative estimate of drug-likeness (QED) is 0.229. The van der Waals surface area contributed by atoms with Crippen LogP contribution >= 0.6 is 19.2 Å². The van der Waals surface area contributed by atoms with E-state index >= 15 is 0 Å². The molecule has 3 rings (SSSR count). The fraction of sp³-hybridized carbons (Fsp3) is 0.650. The second-order valence-corrected chi connectivity index (χ2v) is 11.1. The normalized spacial score (nSPS) is 21.1. The van der Waals surface area contributed by atoms with Crippen molar-refractivity contribution >= 4 is 48.2 Å². The number of anilines is 1. The molecule has 4 atom stereocenters. The number of carbonyl (C=O) groups excluding carboxylic acids is 2. The third kappa shape index (κ3) is 7.79. The van der Waals surface area contributed by atoms with E-state index in [2.05, 4.69) is 25.0 Å². The van der Waals surface area contributed by atoms with E-state index in [1.165, 1.54) is 17.8 Å². The minimum atomic E-state index is -4.98. The van der Waals surface area contributed by atoms with Crippen LogP contribution in [-0.2, 0) is 34.9 Å². The Bertz CT molecular complexity index is 1190. The van der Waals surface area contributed by atoms with Crippen LogP contribution in [0.4, 0.5) is 15.0 Å². The van der Waals surface area contributed by atoms with Crippen LogP contribution in [0.2, 0.25) is 5.28 Å². The van der Waals surface area contributed by atoms with Gasteiger partial charge < -0.3 is 33.3 Å². The molecule has 2 aromatic heterocycles. The molecule has 206 valence electrons. The van der Waals surface area contributed by atoms with Gasteiger partial charge >= 0.3 is 19.7 Å². The summed E-state index contributed by atoms with van der Waals surface area (Å²) in [5, 5.41) is 2.27. The van der Waals surface area contributed by atoms with E-state index in [9.17, 15) is 28.3 Å². The zero-order valence-electron chi connectivity index (χ0n) is 20.5. The Hall–Kier alpha value is -2.42. The van der Waals surface area contributed by atoms with E-state index in [1.54, 1.807) is 20.8 Å². The van der Waals surface area contributed by atoms with Crippen molar-refractivity contribution in [2.24, 2.45) is 0 Å². The molecule has 0 aliphatic carbocycles. The third-order valence-electron chi connectivity index (χ3n) is 4.93. The number of hydrogen-bond donors (Lipinski definition) is 3. The van der Waals surface area contributed by atoms with Gasteiger partial charge in [0.25, 0.3) is 5.85 Å². The highest BCUT2D eigenvalue weighted by molar-refractivity contribution is 7.53. The first kappa shape index (κ1) is 29.1. The third-order valence-corrected chi connectivity index (χ3v) is 6.06. The number of aromatic nitrogens is 4. The number of nitrogens with zero attached hydrogens (tertiary/aromatic N) is 4. The van der Waals surface area contributed by atoms with Crippen molar-refractivity contribution in [3.63, 3.8) is 0 Å². The summed E-state index contributed by atoms with van der Waals surface area (Å²) in [6.45, 7) is 5.94. The van der Waals surface area contributed by atoms with Gasteiger partial charge in [0.15, 0.2) is 17.0 Å². The maximum Gasteiger partial charge on any atom is 0.413 e. The van der Waals surface area contributed by atoms with Crippen molar-refractivity contribution in [3.05, 3.63) is 11.6 Å². The lowest BCUT2D eigenvalue weighted by molar-refractivity contribution is -0.154. The molecule has 3 N–H and O–H groups in total. The van der Waals surface area contributed by atoms with Gasteiger partial charge in [-0.3, -0.25) is 9.88 Å². The number of ether oxygens (including phenoxy) is 4. The van der Waals surface area contributed by atoms with Gasteiger partial charge in [-0.25, -0.2) is 19.0 Å². The Labute approximate surface area is 216 Å². The second kappa shape index (κ2) is 11.5. The number of halogens is 2. The first-order valence-corrected chi connectivity index (χ1v) is 13.2. The summed E-state index contributed by atoms with van der Waals surface area (Å²) in [5.41, 5.74) is -0.370. The predicted octanol–water partition coefficient (Wildman–Crippen LogP) is 2.41. The molecule has 1 fully saturated rings. The number of rotatable bonds is 9. The maximum absolute atomic E-state index is 14.8. The number of hydrogen-bond acceptors (Lipinski definition) is 10.